The first-order valence-electron chi connectivity index (χ1n) is 11.7. The van der Waals surface area contributed by atoms with Gasteiger partial charge >= 0.3 is 0 Å². The standard InChI is InChI=1S/C24H37F2O4P/c1-31(29,30)11-5-3-2-4-6-21-20(22(26)15-24(21)28)9-10-23(27)18-12-16-7-8-19(25)14-17(16)13-18/h7-8,14,18,20-24,27-28H,2-6,9-13,15H2,1H3,(H,29,30)/t18?,20?,21?,22-,23?,24-/m0/s1. The molecule has 2 aliphatic carbocycles. The van der Waals surface area contributed by atoms with E-state index in [1.807, 2.05) is 0 Å². The fraction of sp³-hybridized carbons (Fsp3) is 0.750. The monoisotopic (exact) mass is 458 g/mol. The minimum Gasteiger partial charge on any atom is -0.393 e. The lowest BCUT2D eigenvalue weighted by Gasteiger charge is -2.25. The van der Waals surface area contributed by atoms with Crippen LogP contribution in [0.1, 0.15) is 62.5 Å². The SMILES string of the molecule is CP(=O)(O)CCCCCCC1C(CCC(O)C2Cc3ccc(F)cc3C2)[C@@H](F)C[C@@H]1O. The molecule has 4 nitrogen and oxygen atoms in total. The third-order valence-electron chi connectivity index (χ3n) is 7.31. The first kappa shape index (κ1) is 24.8. The van der Waals surface area contributed by atoms with E-state index in [1.54, 1.807) is 12.1 Å². The van der Waals surface area contributed by atoms with Crippen molar-refractivity contribution in [1.29, 1.82) is 0 Å². The second-order valence-electron chi connectivity index (χ2n) is 9.85. The molecule has 7 heteroatoms. The molecule has 2 aliphatic rings. The molecule has 176 valence electrons. The summed E-state index contributed by atoms with van der Waals surface area (Å²) in [6.45, 7) is 1.38. The molecule has 1 fully saturated rings. The Balaban J connectivity index is 1.43. The Morgan fingerprint density at radius 2 is 1.81 bits per heavy atom. The van der Waals surface area contributed by atoms with Gasteiger partial charge in [0.15, 0.2) is 7.37 Å². The van der Waals surface area contributed by atoms with Crippen molar-refractivity contribution >= 4 is 7.37 Å². The molecule has 5 unspecified atom stereocenters. The van der Waals surface area contributed by atoms with Gasteiger partial charge in [-0.25, -0.2) is 8.78 Å². The van der Waals surface area contributed by atoms with E-state index in [-0.39, 0.29) is 30.0 Å². The quantitative estimate of drug-likeness (QED) is 0.327. The van der Waals surface area contributed by atoms with Crippen molar-refractivity contribution in [1.82, 2.24) is 0 Å². The third-order valence-corrected chi connectivity index (χ3v) is 8.45. The maximum absolute atomic E-state index is 14.6. The van der Waals surface area contributed by atoms with Crippen LogP contribution in [0.4, 0.5) is 8.78 Å². The first-order chi connectivity index (χ1) is 14.6. The molecule has 0 radical (unpaired) electrons. The molecule has 1 aromatic carbocycles. The Bertz CT molecular complexity index is 768. The van der Waals surface area contributed by atoms with Crippen molar-refractivity contribution in [3.8, 4) is 0 Å². The molecule has 0 aromatic heterocycles. The largest absolute Gasteiger partial charge is 0.393 e. The molecule has 7 atom stereocenters. The smallest absolute Gasteiger partial charge is 0.197 e. The number of alkyl halides is 1. The molecule has 1 saturated carbocycles. The van der Waals surface area contributed by atoms with E-state index < -0.39 is 25.7 Å². The molecular formula is C24H37F2O4P. The average Bonchev–Trinajstić information content (AvgIpc) is 3.22. The highest BCUT2D eigenvalue weighted by molar-refractivity contribution is 7.57. The van der Waals surface area contributed by atoms with Gasteiger partial charge in [-0.1, -0.05) is 25.3 Å². The summed E-state index contributed by atoms with van der Waals surface area (Å²) >= 11 is 0. The van der Waals surface area contributed by atoms with Gasteiger partial charge in [-0.15, -0.1) is 0 Å². The summed E-state index contributed by atoms with van der Waals surface area (Å²) in [5, 5.41) is 21.1. The van der Waals surface area contributed by atoms with E-state index in [0.29, 0.717) is 31.8 Å². The second-order valence-corrected chi connectivity index (χ2v) is 12.4. The van der Waals surface area contributed by atoms with Crippen molar-refractivity contribution < 1.29 is 28.5 Å². The zero-order chi connectivity index (χ0) is 22.6. The number of halogens is 2. The highest BCUT2D eigenvalue weighted by Crippen LogP contribution is 2.42. The van der Waals surface area contributed by atoms with E-state index in [1.165, 1.54) is 12.7 Å². The molecule has 0 spiro atoms. The summed E-state index contributed by atoms with van der Waals surface area (Å²) in [4.78, 5) is 9.33. The van der Waals surface area contributed by atoms with Gasteiger partial charge in [0.2, 0.25) is 0 Å². The minimum atomic E-state index is -2.94. The second kappa shape index (κ2) is 10.9. The van der Waals surface area contributed by atoms with Crippen LogP contribution in [-0.2, 0) is 17.4 Å². The van der Waals surface area contributed by atoms with Gasteiger partial charge in [0.1, 0.15) is 12.0 Å². The van der Waals surface area contributed by atoms with Gasteiger partial charge in [0, 0.05) is 19.2 Å². The molecule has 0 bridgehead atoms. The molecule has 3 N–H and O–H groups in total. The van der Waals surface area contributed by atoms with Gasteiger partial charge < -0.3 is 15.1 Å². The van der Waals surface area contributed by atoms with Crippen molar-refractivity contribution in [3.63, 3.8) is 0 Å². The summed E-state index contributed by atoms with van der Waals surface area (Å²) in [5.41, 5.74) is 2.05. The first-order valence-corrected chi connectivity index (χ1v) is 14.0. The number of aliphatic hydroxyl groups excluding tert-OH is 2. The van der Waals surface area contributed by atoms with E-state index in [2.05, 4.69) is 0 Å². The Labute approximate surface area is 184 Å². The van der Waals surface area contributed by atoms with Gasteiger partial charge in [0.05, 0.1) is 12.2 Å². The molecule has 31 heavy (non-hydrogen) atoms. The van der Waals surface area contributed by atoms with Gasteiger partial charge in [0.25, 0.3) is 0 Å². The Morgan fingerprint density at radius 1 is 1.10 bits per heavy atom. The van der Waals surface area contributed by atoms with Gasteiger partial charge in [-0.2, -0.15) is 0 Å². The van der Waals surface area contributed by atoms with Crippen LogP contribution >= 0.6 is 7.37 Å². The average molecular weight is 459 g/mol. The van der Waals surface area contributed by atoms with Crippen LogP contribution in [0.15, 0.2) is 18.2 Å². The van der Waals surface area contributed by atoms with E-state index in [9.17, 15) is 28.5 Å². The lowest BCUT2D eigenvalue weighted by atomic mass is 9.83. The molecule has 0 amide bonds. The van der Waals surface area contributed by atoms with Crippen molar-refractivity contribution in [2.75, 3.05) is 12.8 Å². The van der Waals surface area contributed by atoms with Crippen LogP contribution in [0, 0.1) is 23.6 Å². The van der Waals surface area contributed by atoms with Crippen LogP contribution in [0.25, 0.3) is 0 Å². The van der Waals surface area contributed by atoms with Crippen LogP contribution < -0.4 is 0 Å². The topological polar surface area (TPSA) is 77.8 Å². The highest BCUT2D eigenvalue weighted by Gasteiger charge is 2.42. The fourth-order valence-electron chi connectivity index (χ4n) is 5.57. The summed E-state index contributed by atoms with van der Waals surface area (Å²) in [6.07, 6.45) is 4.82. The van der Waals surface area contributed by atoms with Gasteiger partial charge in [-0.3, -0.25) is 4.57 Å². The minimum absolute atomic E-state index is 0.0423. The van der Waals surface area contributed by atoms with Crippen molar-refractivity contribution in [2.24, 2.45) is 17.8 Å². The fourth-order valence-corrected chi connectivity index (χ4v) is 6.38. The summed E-state index contributed by atoms with van der Waals surface area (Å²) in [5.74, 6) is -0.538. The number of hydrogen-bond donors (Lipinski definition) is 3. The van der Waals surface area contributed by atoms with E-state index in [0.717, 1.165) is 43.2 Å². The molecule has 0 heterocycles. The summed E-state index contributed by atoms with van der Waals surface area (Å²) in [7, 11) is -2.94. The lowest BCUT2D eigenvalue weighted by molar-refractivity contribution is 0.0751. The maximum Gasteiger partial charge on any atom is 0.197 e. The van der Waals surface area contributed by atoms with Crippen LogP contribution in [0.2, 0.25) is 0 Å². The zero-order valence-electron chi connectivity index (χ0n) is 18.4. The van der Waals surface area contributed by atoms with Crippen LogP contribution in [0.5, 0.6) is 0 Å². The number of hydrogen-bond acceptors (Lipinski definition) is 3. The third kappa shape index (κ3) is 7.08. The van der Waals surface area contributed by atoms with Gasteiger partial charge in [-0.05, 0) is 79.5 Å². The Morgan fingerprint density at radius 3 is 2.55 bits per heavy atom. The Hall–Kier alpha value is -0.810. The number of unbranched alkanes of at least 4 members (excludes halogenated alkanes) is 3. The predicted molar refractivity (Wildman–Crippen MR) is 119 cm³/mol. The summed E-state index contributed by atoms with van der Waals surface area (Å²) in [6, 6.07) is 4.79. The number of aliphatic hydroxyl groups is 2. The number of fused-ring (bicyclic) bond motifs is 1. The molecule has 0 saturated heterocycles. The zero-order valence-corrected chi connectivity index (χ0v) is 19.3. The van der Waals surface area contributed by atoms with Crippen molar-refractivity contribution in [3.05, 3.63) is 35.1 Å². The predicted octanol–water partition coefficient (Wildman–Crippen LogP) is 4.87. The molecule has 0 aliphatic heterocycles. The van der Waals surface area contributed by atoms with Crippen LogP contribution in [0.3, 0.4) is 0 Å². The number of benzene rings is 1. The lowest BCUT2D eigenvalue weighted by Crippen LogP contribution is -2.26. The maximum atomic E-state index is 14.6. The van der Waals surface area contributed by atoms with Crippen LogP contribution in [-0.4, -0.2) is 46.3 Å². The molecular weight excluding hydrogens is 421 g/mol. The van der Waals surface area contributed by atoms with E-state index in [4.69, 9.17) is 0 Å². The normalized spacial score (nSPS) is 30.8. The van der Waals surface area contributed by atoms with E-state index >= 15 is 0 Å². The van der Waals surface area contributed by atoms with Crippen molar-refractivity contribution in [2.45, 2.75) is 82.6 Å². The summed E-state index contributed by atoms with van der Waals surface area (Å²) < 4.78 is 39.4. The number of rotatable bonds is 11. The molecule has 1 aromatic rings. The Kier molecular flexibility index (Phi) is 8.71. The molecule has 3 rings (SSSR count). The highest BCUT2D eigenvalue weighted by atomic mass is 31.2.